The average Bonchev–Trinajstić information content (AvgIpc) is 2.27. The molecule has 0 radical (unpaired) electrons. The van der Waals surface area contributed by atoms with Gasteiger partial charge in [-0.2, -0.15) is 13.2 Å². The maximum absolute atomic E-state index is 11.9. The third-order valence-electron chi connectivity index (χ3n) is 3.50. The van der Waals surface area contributed by atoms with E-state index in [9.17, 15) is 18.3 Å². The zero-order valence-corrected chi connectivity index (χ0v) is 10.2. The van der Waals surface area contributed by atoms with Crippen LogP contribution in [-0.4, -0.2) is 30.6 Å². The van der Waals surface area contributed by atoms with Crippen LogP contribution < -0.4 is 0 Å². The molecule has 0 amide bonds. The van der Waals surface area contributed by atoms with Crippen molar-refractivity contribution in [1.29, 1.82) is 0 Å². The fourth-order valence-corrected chi connectivity index (χ4v) is 2.48. The Bertz CT molecular complexity index is 218. The van der Waals surface area contributed by atoms with Gasteiger partial charge in [-0.25, -0.2) is 0 Å². The fourth-order valence-electron chi connectivity index (χ4n) is 2.48. The van der Waals surface area contributed by atoms with Gasteiger partial charge in [-0.1, -0.05) is 26.2 Å². The Morgan fingerprint density at radius 2 is 2.06 bits per heavy atom. The van der Waals surface area contributed by atoms with E-state index in [0.29, 0.717) is 5.92 Å². The summed E-state index contributed by atoms with van der Waals surface area (Å²) in [5.41, 5.74) is 0. The SMILES string of the molecule is CCC1CCCC(C(O)COCC(F)(F)F)C1. The minimum atomic E-state index is -4.31. The molecule has 2 nitrogen and oxygen atoms in total. The van der Waals surface area contributed by atoms with Crippen molar-refractivity contribution in [2.75, 3.05) is 13.2 Å². The van der Waals surface area contributed by atoms with Crippen LogP contribution in [0.4, 0.5) is 13.2 Å². The van der Waals surface area contributed by atoms with E-state index in [4.69, 9.17) is 0 Å². The molecule has 0 bridgehead atoms. The van der Waals surface area contributed by atoms with Crippen LogP contribution in [0.3, 0.4) is 0 Å². The molecule has 1 saturated carbocycles. The number of aliphatic hydroxyl groups is 1. The van der Waals surface area contributed by atoms with Gasteiger partial charge in [0.25, 0.3) is 0 Å². The van der Waals surface area contributed by atoms with Crippen LogP contribution >= 0.6 is 0 Å². The fraction of sp³-hybridized carbons (Fsp3) is 1.00. The summed E-state index contributed by atoms with van der Waals surface area (Å²) >= 11 is 0. The molecule has 17 heavy (non-hydrogen) atoms. The smallest absolute Gasteiger partial charge is 0.390 e. The van der Waals surface area contributed by atoms with Crippen LogP contribution in [-0.2, 0) is 4.74 Å². The molecule has 3 unspecified atom stereocenters. The summed E-state index contributed by atoms with van der Waals surface area (Å²) in [7, 11) is 0. The zero-order valence-electron chi connectivity index (χ0n) is 10.2. The normalized spacial score (nSPS) is 28.1. The van der Waals surface area contributed by atoms with Gasteiger partial charge in [-0.15, -0.1) is 0 Å². The number of ether oxygens (including phenoxy) is 1. The van der Waals surface area contributed by atoms with E-state index in [-0.39, 0.29) is 12.5 Å². The van der Waals surface area contributed by atoms with Gasteiger partial charge in [-0.3, -0.25) is 0 Å². The van der Waals surface area contributed by atoms with Gasteiger partial charge in [0, 0.05) is 0 Å². The Labute approximate surface area is 100 Å². The van der Waals surface area contributed by atoms with E-state index in [2.05, 4.69) is 11.7 Å². The second-order valence-electron chi connectivity index (χ2n) is 4.90. The molecule has 0 aromatic heterocycles. The molecule has 1 aliphatic carbocycles. The highest BCUT2D eigenvalue weighted by molar-refractivity contribution is 4.77. The summed E-state index contributed by atoms with van der Waals surface area (Å²) in [6.07, 6.45) is 0.0415. The number of halogens is 3. The van der Waals surface area contributed by atoms with Crippen molar-refractivity contribution >= 4 is 0 Å². The number of alkyl halides is 3. The van der Waals surface area contributed by atoms with Crippen LogP contribution in [0.5, 0.6) is 0 Å². The topological polar surface area (TPSA) is 29.5 Å². The molecule has 0 aliphatic heterocycles. The van der Waals surface area contributed by atoms with Gasteiger partial charge in [0.2, 0.25) is 0 Å². The Morgan fingerprint density at radius 1 is 1.35 bits per heavy atom. The van der Waals surface area contributed by atoms with Crippen LogP contribution in [0, 0.1) is 11.8 Å². The van der Waals surface area contributed by atoms with Crippen molar-refractivity contribution in [1.82, 2.24) is 0 Å². The number of hydrogen-bond acceptors (Lipinski definition) is 2. The molecule has 1 fully saturated rings. The monoisotopic (exact) mass is 254 g/mol. The maximum Gasteiger partial charge on any atom is 0.411 e. The first-order chi connectivity index (χ1) is 7.92. The van der Waals surface area contributed by atoms with E-state index in [1.54, 1.807) is 0 Å². The molecular formula is C12H21F3O2. The Morgan fingerprint density at radius 3 is 2.65 bits per heavy atom. The lowest BCUT2D eigenvalue weighted by Gasteiger charge is -2.31. The summed E-state index contributed by atoms with van der Waals surface area (Å²) in [5.74, 6) is 0.702. The molecular weight excluding hydrogens is 233 g/mol. The lowest BCUT2D eigenvalue weighted by Crippen LogP contribution is -2.31. The van der Waals surface area contributed by atoms with E-state index in [1.165, 1.54) is 6.42 Å². The minimum Gasteiger partial charge on any atom is -0.390 e. The number of aliphatic hydroxyl groups excluding tert-OH is 1. The molecule has 0 aromatic carbocycles. The van der Waals surface area contributed by atoms with Crippen LogP contribution in [0.1, 0.15) is 39.0 Å². The lowest BCUT2D eigenvalue weighted by molar-refractivity contribution is -0.181. The quantitative estimate of drug-likeness (QED) is 0.816. The predicted molar refractivity (Wildman–Crippen MR) is 58.6 cm³/mol. The van der Waals surface area contributed by atoms with Crippen molar-refractivity contribution in [3.63, 3.8) is 0 Å². The molecule has 0 spiro atoms. The van der Waals surface area contributed by atoms with Crippen molar-refractivity contribution < 1.29 is 23.0 Å². The molecule has 0 heterocycles. The van der Waals surface area contributed by atoms with Gasteiger partial charge in [-0.05, 0) is 24.7 Å². The minimum absolute atomic E-state index is 0.0990. The Hall–Kier alpha value is -0.290. The summed E-state index contributed by atoms with van der Waals surface area (Å²) in [5, 5.41) is 9.79. The van der Waals surface area contributed by atoms with E-state index in [1.807, 2.05) is 0 Å². The highest BCUT2D eigenvalue weighted by atomic mass is 19.4. The summed E-state index contributed by atoms with van der Waals surface area (Å²) in [6, 6.07) is 0. The van der Waals surface area contributed by atoms with Crippen LogP contribution in [0.15, 0.2) is 0 Å². The molecule has 102 valence electrons. The molecule has 1 rings (SSSR count). The highest BCUT2D eigenvalue weighted by Gasteiger charge is 2.30. The van der Waals surface area contributed by atoms with Gasteiger partial charge in [0.15, 0.2) is 0 Å². The van der Waals surface area contributed by atoms with E-state index >= 15 is 0 Å². The van der Waals surface area contributed by atoms with Crippen LogP contribution in [0.25, 0.3) is 0 Å². The second kappa shape index (κ2) is 6.59. The van der Waals surface area contributed by atoms with Crippen LogP contribution in [0.2, 0.25) is 0 Å². The van der Waals surface area contributed by atoms with E-state index in [0.717, 1.165) is 25.7 Å². The highest BCUT2D eigenvalue weighted by Crippen LogP contribution is 2.33. The first kappa shape index (κ1) is 14.8. The van der Waals surface area contributed by atoms with Gasteiger partial charge in [0.1, 0.15) is 6.61 Å². The molecule has 0 saturated heterocycles. The van der Waals surface area contributed by atoms with Gasteiger partial charge < -0.3 is 9.84 Å². The summed E-state index contributed by atoms with van der Waals surface area (Å²) in [6.45, 7) is 0.633. The largest absolute Gasteiger partial charge is 0.411 e. The van der Waals surface area contributed by atoms with E-state index < -0.39 is 18.9 Å². The molecule has 1 N–H and O–H groups in total. The maximum atomic E-state index is 11.9. The zero-order chi connectivity index (χ0) is 12.9. The van der Waals surface area contributed by atoms with Crippen molar-refractivity contribution in [3.8, 4) is 0 Å². The molecule has 1 aliphatic rings. The molecule has 3 atom stereocenters. The first-order valence-electron chi connectivity index (χ1n) is 6.25. The third-order valence-corrected chi connectivity index (χ3v) is 3.50. The average molecular weight is 254 g/mol. The van der Waals surface area contributed by atoms with Crippen molar-refractivity contribution in [2.24, 2.45) is 11.8 Å². The molecule has 0 aromatic rings. The third kappa shape index (κ3) is 5.73. The summed E-state index contributed by atoms with van der Waals surface area (Å²) in [4.78, 5) is 0. The second-order valence-corrected chi connectivity index (χ2v) is 4.90. The lowest BCUT2D eigenvalue weighted by atomic mass is 9.78. The number of hydrogen-bond donors (Lipinski definition) is 1. The Balaban J connectivity index is 2.24. The standard InChI is InChI=1S/C12H21F3O2/c1-2-9-4-3-5-10(6-9)11(16)7-17-8-12(13,14)15/h9-11,16H,2-8H2,1H3. The van der Waals surface area contributed by atoms with Gasteiger partial charge >= 0.3 is 6.18 Å². The van der Waals surface area contributed by atoms with Crippen molar-refractivity contribution in [2.45, 2.75) is 51.3 Å². The van der Waals surface area contributed by atoms with Crippen molar-refractivity contribution in [3.05, 3.63) is 0 Å². The van der Waals surface area contributed by atoms with Gasteiger partial charge in [0.05, 0.1) is 12.7 Å². The number of rotatable bonds is 5. The first-order valence-corrected chi connectivity index (χ1v) is 6.25. The summed E-state index contributed by atoms with van der Waals surface area (Å²) < 4.78 is 40.1. The molecule has 5 heteroatoms. The predicted octanol–water partition coefficient (Wildman–Crippen LogP) is 3.14. The Kier molecular flexibility index (Phi) is 5.73.